The molecule has 4 nitrogen and oxygen atoms in total. The minimum Gasteiger partial charge on any atom is -0.480 e. The molecule has 0 aliphatic heterocycles. The van der Waals surface area contributed by atoms with E-state index in [-0.39, 0.29) is 16.5 Å². The number of alkyl halides is 3. The number of amides is 1. The average molecular weight is 354 g/mol. The Bertz CT molecular complexity index is 531. The molecule has 8 heteroatoms. The fraction of sp³-hybridized carbons (Fsp3) is 0.333. The number of halogens is 4. The van der Waals surface area contributed by atoms with Crippen molar-refractivity contribution in [3.8, 4) is 0 Å². The molecule has 0 spiro atoms. The van der Waals surface area contributed by atoms with Crippen LogP contribution in [0.4, 0.5) is 13.2 Å². The molecule has 0 aliphatic carbocycles. The molecule has 0 radical (unpaired) electrons. The van der Waals surface area contributed by atoms with Crippen LogP contribution in [0.25, 0.3) is 0 Å². The van der Waals surface area contributed by atoms with Crippen LogP contribution in [0.5, 0.6) is 0 Å². The van der Waals surface area contributed by atoms with E-state index in [2.05, 4.69) is 21.2 Å². The van der Waals surface area contributed by atoms with Crippen molar-refractivity contribution in [1.29, 1.82) is 0 Å². The number of carboxylic acid groups (broad SMARTS) is 1. The Labute approximate surface area is 121 Å². The number of benzene rings is 1. The summed E-state index contributed by atoms with van der Waals surface area (Å²) in [6.45, 7) is 1.54. The third-order valence-corrected chi connectivity index (χ3v) is 3.24. The predicted molar refractivity (Wildman–Crippen MR) is 68.3 cm³/mol. The quantitative estimate of drug-likeness (QED) is 0.874. The van der Waals surface area contributed by atoms with Gasteiger partial charge in [-0.25, -0.2) is 4.79 Å². The monoisotopic (exact) mass is 353 g/mol. The third-order valence-electron chi connectivity index (χ3n) is 2.55. The van der Waals surface area contributed by atoms with Crippen molar-refractivity contribution >= 4 is 27.8 Å². The first-order valence-electron chi connectivity index (χ1n) is 5.57. The number of nitrogens with one attached hydrogen (secondary N) is 1. The molecular formula is C12H11BrF3NO3. The van der Waals surface area contributed by atoms with Crippen LogP contribution in [0, 0.1) is 0 Å². The van der Waals surface area contributed by atoms with Crippen molar-refractivity contribution in [2.24, 2.45) is 0 Å². The van der Waals surface area contributed by atoms with Gasteiger partial charge in [0.2, 0.25) is 0 Å². The second kappa shape index (κ2) is 6.25. The van der Waals surface area contributed by atoms with Gasteiger partial charge in [0.05, 0.1) is 5.56 Å². The van der Waals surface area contributed by atoms with Gasteiger partial charge in [0, 0.05) is 10.0 Å². The maximum Gasteiger partial charge on any atom is 0.417 e. The smallest absolute Gasteiger partial charge is 0.417 e. The van der Waals surface area contributed by atoms with E-state index in [1.165, 1.54) is 6.07 Å². The van der Waals surface area contributed by atoms with Gasteiger partial charge in [0.25, 0.3) is 5.91 Å². The zero-order valence-electron chi connectivity index (χ0n) is 10.3. The summed E-state index contributed by atoms with van der Waals surface area (Å²) in [6, 6.07) is 1.82. The Balaban J connectivity index is 3.03. The van der Waals surface area contributed by atoms with Crippen molar-refractivity contribution in [3.05, 3.63) is 33.8 Å². The van der Waals surface area contributed by atoms with Gasteiger partial charge in [-0.2, -0.15) is 13.2 Å². The summed E-state index contributed by atoms with van der Waals surface area (Å²) in [5, 5.41) is 11.0. The van der Waals surface area contributed by atoms with E-state index < -0.39 is 29.7 Å². The van der Waals surface area contributed by atoms with Crippen LogP contribution in [0.1, 0.15) is 29.3 Å². The fourth-order valence-electron chi connectivity index (χ4n) is 1.46. The van der Waals surface area contributed by atoms with E-state index in [1.54, 1.807) is 6.92 Å². The molecule has 1 aromatic rings. The molecule has 1 rings (SSSR count). The Morgan fingerprint density at radius 2 is 2.00 bits per heavy atom. The molecule has 20 heavy (non-hydrogen) atoms. The summed E-state index contributed by atoms with van der Waals surface area (Å²) in [5.74, 6) is -2.11. The molecule has 0 aromatic heterocycles. The van der Waals surface area contributed by atoms with Crippen molar-refractivity contribution in [2.45, 2.75) is 25.6 Å². The average Bonchev–Trinajstić information content (AvgIpc) is 2.34. The highest BCUT2D eigenvalue weighted by molar-refractivity contribution is 9.10. The molecule has 1 amide bonds. The molecule has 0 aliphatic rings. The van der Waals surface area contributed by atoms with Gasteiger partial charge in [-0.1, -0.05) is 22.9 Å². The highest BCUT2D eigenvalue weighted by atomic mass is 79.9. The van der Waals surface area contributed by atoms with E-state index in [1.807, 2.05) is 0 Å². The number of carboxylic acids is 1. The summed E-state index contributed by atoms with van der Waals surface area (Å²) in [6.07, 6.45) is -4.48. The molecule has 0 bridgehead atoms. The van der Waals surface area contributed by atoms with Gasteiger partial charge in [0.15, 0.2) is 0 Å². The molecule has 0 heterocycles. The molecule has 0 saturated carbocycles. The first-order chi connectivity index (χ1) is 9.16. The van der Waals surface area contributed by atoms with Gasteiger partial charge in [0.1, 0.15) is 6.04 Å². The number of hydrogen-bond acceptors (Lipinski definition) is 2. The zero-order chi connectivity index (χ0) is 15.5. The second-order valence-electron chi connectivity index (χ2n) is 3.96. The molecule has 1 unspecified atom stereocenters. The number of aliphatic carboxylic acids is 1. The lowest BCUT2D eigenvalue weighted by atomic mass is 10.1. The highest BCUT2D eigenvalue weighted by Crippen LogP contribution is 2.35. The van der Waals surface area contributed by atoms with Gasteiger partial charge in [-0.05, 0) is 24.6 Å². The molecule has 0 saturated heterocycles. The number of carbonyl (C=O) groups excluding carboxylic acids is 1. The van der Waals surface area contributed by atoms with Crippen LogP contribution >= 0.6 is 15.9 Å². The lowest BCUT2D eigenvalue weighted by Crippen LogP contribution is -2.40. The minimum absolute atomic E-state index is 0.129. The maximum absolute atomic E-state index is 12.7. The van der Waals surface area contributed by atoms with Crippen LogP contribution in [0.2, 0.25) is 0 Å². The largest absolute Gasteiger partial charge is 0.480 e. The normalized spacial score (nSPS) is 12.8. The first kappa shape index (κ1) is 16.5. The molecular weight excluding hydrogens is 343 g/mol. The SMILES string of the molecule is CCC(NC(=O)c1ccc(Br)c(C(F)(F)F)c1)C(=O)O. The standard InChI is InChI=1S/C12H11BrF3NO3/c1-2-9(11(19)20)17-10(18)6-3-4-8(13)7(5-6)12(14,15)16/h3-5,9H,2H2,1H3,(H,17,18)(H,19,20). The summed E-state index contributed by atoms with van der Waals surface area (Å²) in [7, 11) is 0. The number of rotatable bonds is 4. The van der Waals surface area contributed by atoms with Gasteiger partial charge in [-0.15, -0.1) is 0 Å². The van der Waals surface area contributed by atoms with E-state index in [0.717, 1.165) is 6.07 Å². The third kappa shape index (κ3) is 3.96. The second-order valence-corrected chi connectivity index (χ2v) is 4.82. The predicted octanol–water partition coefficient (Wildman–Crippen LogP) is 3.06. The van der Waals surface area contributed by atoms with E-state index in [4.69, 9.17) is 5.11 Å². The van der Waals surface area contributed by atoms with Crippen LogP contribution in [-0.4, -0.2) is 23.0 Å². The first-order valence-corrected chi connectivity index (χ1v) is 6.36. The Kier molecular flexibility index (Phi) is 5.15. The molecule has 110 valence electrons. The van der Waals surface area contributed by atoms with Gasteiger partial charge in [-0.3, -0.25) is 4.79 Å². The molecule has 1 atom stereocenters. The van der Waals surface area contributed by atoms with E-state index in [0.29, 0.717) is 6.07 Å². The topological polar surface area (TPSA) is 66.4 Å². The van der Waals surface area contributed by atoms with Crippen LogP contribution < -0.4 is 5.32 Å². The lowest BCUT2D eigenvalue weighted by molar-refractivity contribution is -0.139. The maximum atomic E-state index is 12.7. The fourth-order valence-corrected chi connectivity index (χ4v) is 1.94. The van der Waals surface area contributed by atoms with Crippen LogP contribution in [-0.2, 0) is 11.0 Å². The number of carbonyl (C=O) groups is 2. The van der Waals surface area contributed by atoms with Crippen LogP contribution in [0.15, 0.2) is 22.7 Å². The summed E-state index contributed by atoms with van der Waals surface area (Å²) < 4.78 is 37.9. The highest BCUT2D eigenvalue weighted by Gasteiger charge is 2.33. The van der Waals surface area contributed by atoms with E-state index in [9.17, 15) is 22.8 Å². The Morgan fingerprint density at radius 1 is 1.40 bits per heavy atom. The minimum atomic E-state index is -4.61. The zero-order valence-corrected chi connectivity index (χ0v) is 11.9. The molecule has 0 fully saturated rings. The summed E-state index contributed by atoms with van der Waals surface area (Å²) in [5.41, 5.74) is -1.24. The lowest BCUT2D eigenvalue weighted by Gasteiger charge is -2.14. The van der Waals surface area contributed by atoms with Crippen LogP contribution in [0.3, 0.4) is 0 Å². The van der Waals surface area contributed by atoms with E-state index >= 15 is 0 Å². The molecule has 2 N–H and O–H groups in total. The van der Waals surface area contributed by atoms with Crippen molar-refractivity contribution in [2.75, 3.05) is 0 Å². The van der Waals surface area contributed by atoms with Crippen molar-refractivity contribution < 1.29 is 27.9 Å². The van der Waals surface area contributed by atoms with Gasteiger partial charge >= 0.3 is 12.1 Å². The van der Waals surface area contributed by atoms with Crippen molar-refractivity contribution in [1.82, 2.24) is 5.32 Å². The summed E-state index contributed by atoms with van der Waals surface area (Å²) >= 11 is 2.76. The Morgan fingerprint density at radius 3 is 2.45 bits per heavy atom. The van der Waals surface area contributed by atoms with Crippen molar-refractivity contribution in [3.63, 3.8) is 0 Å². The number of hydrogen-bond donors (Lipinski definition) is 2. The molecule has 1 aromatic carbocycles. The van der Waals surface area contributed by atoms with Gasteiger partial charge < -0.3 is 10.4 Å². The summed E-state index contributed by atoms with van der Waals surface area (Å²) in [4.78, 5) is 22.5. The Hall–Kier alpha value is -1.57.